The van der Waals surface area contributed by atoms with Crippen LogP contribution in [0.15, 0.2) is 36.5 Å². The Morgan fingerprint density at radius 2 is 1.94 bits per heavy atom. The molecule has 0 bridgehead atoms. The average Bonchev–Trinajstić information content (AvgIpc) is 2.29. The van der Waals surface area contributed by atoms with E-state index in [9.17, 15) is 0 Å². The number of halogens is 2. The van der Waals surface area contributed by atoms with E-state index in [2.05, 4.69) is 55.1 Å². The van der Waals surface area contributed by atoms with E-state index < -0.39 is 0 Å². The highest BCUT2D eigenvalue weighted by Crippen LogP contribution is 2.01. The topological polar surface area (TPSA) is 49.6 Å². The van der Waals surface area contributed by atoms with Gasteiger partial charge in [0, 0.05) is 11.9 Å². The van der Waals surface area contributed by atoms with Gasteiger partial charge in [-0.3, -0.25) is 4.98 Å². The summed E-state index contributed by atoms with van der Waals surface area (Å²) in [7, 11) is 0. The molecule has 0 aliphatic heterocycles. The highest BCUT2D eigenvalue weighted by molar-refractivity contribution is 14.1. The number of nitriles is 1. The molecule has 0 spiro atoms. The molecule has 0 unspecified atom stereocenters. The third-order valence-corrected chi connectivity index (χ3v) is 2.90. The Hall–Kier alpha value is -0.750. The molecule has 17 heavy (non-hydrogen) atoms. The molecule has 5 heteroatoms. The van der Waals surface area contributed by atoms with Crippen LogP contribution in [0.4, 0.5) is 0 Å². The second-order valence-electron chi connectivity index (χ2n) is 3.08. The molecule has 2 rings (SSSR count). The third-order valence-electron chi connectivity index (χ3n) is 1.71. The zero-order valence-electron chi connectivity index (χ0n) is 9.06. The fourth-order valence-corrected chi connectivity index (χ4v) is 2.07. The molecule has 2 heterocycles. The minimum absolute atomic E-state index is 0.661. The summed E-state index contributed by atoms with van der Waals surface area (Å²) in [6.45, 7) is 1.99. The molecule has 0 amide bonds. The summed E-state index contributed by atoms with van der Waals surface area (Å²) in [5, 5.41) is 8.38. The van der Waals surface area contributed by atoms with E-state index in [1.165, 1.54) is 0 Å². The van der Waals surface area contributed by atoms with Crippen LogP contribution in [0.25, 0.3) is 0 Å². The molecule has 2 aromatic heterocycles. The minimum Gasteiger partial charge on any atom is -0.250 e. The lowest BCUT2D eigenvalue weighted by atomic mass is 10.3. The van der Waals surface area contributed by atoms with Crippen molar-refractivity contribution in [1.82, 2.24) is 9.97 Å². The van der Waals surface area contributed by atoms with Crippen molar-refractivity contribution in [2.75, 3.05) is 0 Å². The van der Waals surface area contributed by atoms with Crippen molar-refractivity contribution in [2.45, 2.75) is 6.92 Å². The maximum Gasteiger partial charge on any atom is 0.102 e. The predicted octanol–water partition coefficient (Wildman–Crippen LogP) is 3.55. The number of aryl methyl sites for hydroxylation is 1. The van der Waals surface area contributed by atoms with Crippen LogP contribution < -0.4 is 0 Å². The number of aromatic nitrogens is 2. The average molecular weight is 449 g/mol. The highest BCUT2D eigenvalue weighted by Gasteiger charge is 1.88. The van der Waals surface area contributed by atoms with Gasteiger partial charge in [0.15, 0.2) is 0 Å². The van der Waals surface area contributed by atoms with Crippen LogP contribution in [0.2, 0.25) is 0 Å². The molecule has 3 nitrogen and oxygen atoms in total. The van der Waals surface area contributed by atoms with E-state index >= 15 is 0 Å². The summed E-state index contributed by atoms with van der Waals surface area (Å²) in [5.41, 5.74) is 1.74. The fourth-order valence-electron chi connectivity index (χ4n) is 0.982. The van der Waals surface area contributed by atoms with Crippen molar-refractivity contribution in [3.63, 3.8) is 0 Å². The summed E-state index contributed by atoms with van der Waals surface area (Å²) < 4.78 is 1.91. The molecule has 86 valence electrons. The van der Waals surface area contributed by atoms with Crippen molar-refractivity contribution >= 4 is 45.2 Å². The highest BCUT2D eigenvalue weighted by atomic mass is 127. The molecular formula is C12H9I2N3. The van der Waals surface area contributed by atoms with Gasteiger partial charge < -0.3 is 0 Å². The summed E-state index contributed by atoms with van der Waals surface area (Å²) in [6, 6.07) is 11.4. The molecule has 0 saturated carbocycles. The van der Waals surface area contributed by atoms with Gasteiger partial charge in [-0.15, -0.1) is 0 Å². The van der Waals surface area contributed by atoms with E-state index in [0.717, 1.165) is 13.1 Å². The number of pyridine rings is 2. The Bertz CT molecular complexity index is 518. The van der Waals surface area contributed by atoms with Gasteiger partial charge in [0.25, 0.3) is 0 Å². The molecule has 0 aromatic carbocycles. The first kappa shape index (κ1) is 14.3. The first-order valence-corrected chi connectivity index (χ1v) is 6.88. The van der Waals surface area contributed by atoms with Crippen molar-refractivity contribution in [1.29, 1.82) is 5.26 Å². The van der Waals surface area contributed by atoms with E-state index in [0.29, 0.717) is 5.56 Å². The van der Waals surface area contributed by atoms with Crippen LogP contribution >= 0.6 is 45.2 Å². The van der Waals surface area contributed by atoms with Crippen molar-refractivity contribution in [3.05, 3.63) is 55.2 Å². The van der Waals surface area contributed by atoms with Crippen LogP contribution in [0.1, 0.15) is 11.3 Å². The normalized spacial score (nSPS) is 8.82. The Balaban J connectivity index is 0.000000171. The second kappa shape index (κ2) is 7.55. The predicted molar refractivity (Wildman–Crippen MR) is 83.4 cm³/mol. The maximum absolute atomic E-state index is 8.38. The summed E-state index contributed by atoms with van der Waals surface area (Å²) >= 11 is 4.26. The lowest BCUT2D eigenvalue weighted by molar-refractivity contribution is 1.16. The second-order valence-corrected chi connectivity index (χ2v) is 5.29. The fraction of sp³-hybridized carbons (Fsp3) is 0.0833. The maximum atomic E-state index is 8.38. The molecule has 2 aromatic rings. The molecular weight excluding hydrogens is 440 g/mol. The number of rotatable bonds is 0. The van der Waals surface area contributed by atoms with Crippen LogP contribution in [-0.2, 0) is 0 Å². The van der Waals surface area contributed by atoms with E-state index in [-0.39, 0.29) is 0 Å². The molecule has 0 fully saturated rings. The monoisotopic (exact) mass is 449 g/mol. The Labute approximate surface area is 128 Å². The Kier molecular flexibility index (Phi) is 6.36. The smallest absolute Gasteiger partial charge is 0.102 e. The summed E-state index contributed by atoms with van der Waals surface area (Å²) in [4.78, 5) is 8.08. The molecule has 0 N–H and O–H groups in total. The quantitative estimate of drug-likeness (QED) is 0.457. The van der Waals surface area contributed by atoms with Crippen LogP contribution in [-0.4, -0.2) is 9.97 Å². The van der Waals surface area contributed by atoms with Crippen molar-refractivity contribution in [3.8, 4) is 6.07 Å². The van der Waals surface area contributed by atoms with Gasteiger partial charge in [0.2, 0.25) is 0 Å². The zero-order chi connectivity index (χ0) is 12.7. The van der Waals surface area contributed by atoms with Gasteiger partial charge in [-0.05, 0) is 76.4 Å². The molecule has 0 aliphatic carbocycles. The molecule has 0 atom stereocenters. The van der Waals surface area contributed by atoms with Gasteiger partial charge in [0.05, 0.1) is 11.6 Å². The third kappa shape index (κ3) is 5.93. The molecule has 0 radical (unpaired) electrons. The van der Waals surface area contributed by atoms with Crippen LogP contribution in [0.5, 0.6) is 0 Å². The Morgan fingerprint density at radius 3 is 2.35 bits per heavy atom. The van der Waals surface area contributed by atoms with Gasteiger partial charge >= 0.3 is 0 Å². The lowest BCUT2D eigenvalue weighted by Gasteiger charge is -1.88. The van der Waals surface area contributed by atoms with Gasteiger partial charge in [-0.1, -0.05) is 6.07 Å². The first-order chi connectivity index (χ1) is 8.11. The largest absolute Gasteiger partial charge is 0.250 e. The van der Waals surface area contributed by atoms with Gasteiger partial charge in [0.1, 0.15) is 7.40 Å². The van der Waals surface area contributed by atoms with Crippen molar-refractivity contribution < 1.29 is 0 Å². The zero-order valence-corrected chi connectivity index (χ0v) is 13.4. The lowest BCUT2D eigenvalue weighted by Crippen LogP contribution is -1.80. The Morgan fingerprint density at radius 1 is 1.18 bits per heavy atom. The molecule has 0 saturated heterocycles. The van der Waals surface area contributed by atoms with Crippen molar-refractivity contribution in [2.24, 2.45) is 0 Å². The summed E-state index contributed by atoms with van der Waals surface area (Å²) in [5.74, 6) is 0. The molecule has 0 aliphatic rings. The van der Waals surface area contributed by atoms with Gasteiger partial charge in [-0.2, -0.15) is 5.26 Å². The first-order valence-electron chi connectivity index (χ1n) is 4.72. The standard InChI is InChI=1S/C6H3IN2.C6H6IN/c7-6-3-5(4-8)1-2-9-6;1-5-3-2-4-6(7)8-5/h1-3H;2-4H,1H3. The van der Waals surface area contributed by atoms with Gasteiger partial charge in [-0.25, -0.2) is 4.98 Å². The SMILES string of the molecule is Cc1cccc(I)n1.N#Cc1ccnc(I)c1. The van der Waals surface area contributed by atoms with E-state index in [4.69, 9.17) is 5.26 Å². The summed E-state index contributed by atoms with van der Waals surface area (Å²) in [6.07, 6.45) is 1.63. The van der Waals surface area contributed by atoms with E-state index in [1.54, 1.807) is 18.3 Å². The number of hydrogen-bond donors (Lipinski definition) is 0. The number of nitrogens with zero attached hydrogens (tertiary/aromatic N) is 3. The van der Waals surface area contributed by atoms with Crippen LogP contribution in [0, 0.1) is 25.7 Å². The van der Waals surface area contributed by atoms with Crippen LogP contribution in [0.3, 0.4) is 0 Å². The minimum atomic E-state index is 0.661. The van der Waals surface area contributed by atoms with E-state index in [1.807, 2.05) is 31.2 Å². The number of hydrogen-bond acceptors (Lipinski definition) is 3.